The number of hydrogen-bond donors (Lipinski definition) is 2. The van der Waals surface area contributed by atoms with E-state index in [2.05, 4.69) is 9.97 Å². The van der Waals surface area contributed by atoms with Crippen molar-refractivity contribution < 1.29 is 9.13 Å². The highest BCUT2D eigenvalue weighted by Crippen LogP contribution is 2.25. The van der Waals surface area contributed by atoms with Crippen molar-refractivity contribution in [3.05, 3.63) is 41.9 Å². The molecule has 1 aromatic carbocycles. The van der Waals surface area contributed by atoms with Crippen molar-refractivity contribution in [2.24, 2.45) is 0 Å². The van der Waals surface area contributed by atoms with E-state index in [-0.39, 0.29) is 11.8 Å². The van der Waals surface area contributed by atoms with Gasteiger partial charge in [-0.1, -0.05) is 0 Å². The molecular formula is C18H22FN5O. The number of hydrogen-bond acceptors (Lipinski definition) is 6. The lowest BCUT2D eigenvalue weighted by Gasteiger charge is -2.17. The topological polar surface area (TPSA) is 88.1 Å². The molecule has 1 aliphatic heterocycles. The van der Waals surface area contributed by atoms with E-state index in [1.165, 1.54) is 6.33 Å². The molecule has 3 N–H and O–H groups in total. The molecule has 25 heavy (non-hydrogen) atoms. The van der Waals surface area contributed by atoms with E-state index in [0.717, 1.165) is 0 Å². The second kappa shape index (κ2) is 7.04. The molecular weight excluding hydrogens is 321 g/mol. The van der Waals surface area contributed by atoms with Crippen LogP contribution in [0.3, 0.4) is 0 Å². The van der Waals surface area contributed by atoms with Gasteiger partial charge in [-0.3, -0.25) is 5.41 Å². The van der Waals surface area contributed by atoms with Crippen LogP contribution in [-0.2, 0) is 0 Å². The molecule has 0 spiro atoms. The van der Waals surface area contributed by atoms with Crippen LogP contribution in [0, 0.1) is 5.41 Å². The van der Waals surface area contributed by atoms with Gasteiger partial charge in [0.2, 0.25) is 0 Å². The number of ether oxygens (including phenoxy) is 1. The zero-order valence-electron chi connectivity index (χ0n) is 14.4. The van der Waals surface area contributed by atoms with Crippen LogP contribution in [0.5, 0.6) is 5.75 Å². The smallest absolute Gasteiger partial charge is 0.132 e. The predicted molar refractivity (Wildman–Crippen MR) is 96.3 cm³/mol. The Morgan fingerprint density at radius 3 is 2.84 bits per heavy atom. The van der Waals surface area contributed by atoms with Gasteiger partial charge in [0.15, 0.2) is 0 Å². The molecule has 0 bridgehead atoms. The molecule has 2 aromatic rings. The molecule has 132 valence electrons. The Bertz CT molecular complexity index is 780. The van der Waals surface area contributed by atoms with Crippen LogP contribution >= 0.6 is 0 Å². The number of aromatic nitrogens is 2. The SMILES string of the molecule is CC(C)Oc1ccc(N)c(C(=N)c2cc(N3CC[C@@H](F)C3)ncn2)c1. The van der Waals surface area contributed by atoms with Crippen LogP contribution in [-0.4, -0.2) is 41.0 Å². The molecule has 3 rings (SSSR count). The van der Waals surface area contributed by atoms with Gasteiger partial charge < -0.3 is 15.4 Å². The van der Waals surface area contributed by atoms with Crippen molar-refractivity contribution in [2.75, 3.05) is 23.7 Å². The lowest BCUT2D eigenvalue weighted by atomic mass is 10.0. The molecule has 0 aliphatic carbocycles. The molecule has 6 nitrogen and oxygen atoms in total. The van der Waals surface area contributed by atoms with Crippen LogP contribution in [0.25, 0.3) is 0 Å². The second-order valence-corrected chi connectivity index (χ2v) is 6.38. The maximum absolute atomic E-state index is 13.4. The van der Waals surface area contributed by atoms with E-state index in [1.54, 1.807) is 24.3 Å². The fraction of sp³-hybridized carbons (Fsp3) is 0.389. The summed E-state index contributed by atoms with van der Waals surface area (Å²) in [5.74, 6) is 1.28. The summed E-state index contributed by atoms with van der Waals surface area (Å²) in [6, 6.07) is 6.95. The van der Waals surface area contributed by atoms with Gasteiger partial charge in [-0.25, -0.2) is 14.4 Å². The molecule has 2 heterocycles. The van der Waals surface area contributed by atoms with Crippen LogP contribution < -0.4 is 15.4 Å². The number of nitrogens with one attached hydrogen (secondary N) is 1. The summed E-state index contributed by atoms with van der Waals surface area (Å²) in [6.45, 7) is 4.81. The summed E-state index contributed by atoms with van der Waals surface area (Å²) in [5.41, 5.74) is 7.70. The van der Waals surface area contributed by atoms with Crippen LogP contribution in [0.1, 0.15) is 31.5 Å². The minimum atomic E-state index is -0.835. The number of nitrogen functional groups attached to an aromatic ring is 1. The standard InChI is InChI=1S/C18H22FN5O/c1-11(2)25-13-3-4-15(20)14(7-13)18(21)16-8-17(23-10-22-16)24-6-5-12(19)9-24/h3-4,7-8,10-12,21H,5-6,9,20H2,1-2H3/t12-/m1/s1. The van der Waals surface area contributed by atoms with Crippen molar-refractivity contribution in [1.29, 1.82) is 5.41 Å². The largest absolute Gasteiger partial charge is 0.491 e. The van der Waals surface area contributed by atoms with E-state index in [9.17, 15) is 4.39 Å². The van der Waals surface area contributed by atoms with E-state index in [0.29, 0.717) is 48.0 Å². The lowest BCUT2D eigenvalue weighted by molar-refractivity contribution is 0.242. The Morgan fingerprint density at radius 1 is 1.36 bits per heavy atom. The van der Waals surface area contributed by atoms with Gasteiger partial charge in [0.25, 0.3) is 0 Å². The first-order valence-corrected chi connectivity index (χ1v) is 8.30. The normalized spacial score (nSPS) is 17.1. The van der Waals surface area contributed by atoms with Crippen molar-refractivity contribution >= 4 is 17.2 Å². The van der Waals surface area contributed by atoms with Crippen molar-refractivity contribution in [3.8, 4) is 5.75 Å². The Morgan fingerprint density at radius 2 is 2.16 bits per heavy atom. The van der Waals surface area contributed by atoms with Crippen molar-refractivity contribution in [3.63, 3.8) is 0 Å². The molecule has 1 fully saturated rings. The molecule has 0 radical (unpaired) electrons. The summed E-state index contributed by atoms with van der Waals surface area (Å²) in [4.78, 5) is 10.3. The summed E-state index contributed by atoms with van der Waals surface area (Å²) >= 11 is 0. The maximum atomic E-state index is 13.4. The minimum absolute atomic E-state index is 0.0279. The first-order chi connectivity index (χ1) is 11.9. The Balaban J connectivity index is 1.88. The molecule has 7 heteroatoms. The Hall–Kier alpha value is -2.70. The molecule has 1 saturated heterocycles. The summed E-state index contributed by atoms with van der Waals surface area (Å²) in [6.07, 6.45) is 1.09. The number of anilines is 2. The third kappa shape index (κ3) is 3.87. The number of alkyl halides is 1. The summed E-state index contributed by atoms with van der Waals surface area (Å²) < 4.78 is 19.1. The highest BCUT2D eigenvalue weighted by Gasteiger charge is 2.23. The monoisotopic (exact) mass is 343 g/mol. The average Bonchev–Trinajstić information content (AvgIpc) is 3.02. The molecule has 0 unspecified atom stereocenters. The first kappa shape index (κ1) is 17.1. The maximum Gasteiger partial charge on any atom is 0.132 e. The number of halogens is 1. The highest BCUT2D eigenvalue weighted by atomic mass is 19.1. The molecule has 1 aliphatic rings. The van der Waals surface area contributed by atoms with Gasteiger partial charge in [0.1, 0.15) is 24.1 Å². The number of nitrogens with two attached hydrogens (primary N) is 1. The number of nitrogens with zero attached hydrogens (tertiary/aromatic N) is 3. The first-order valence-electron chi connectivity index (χ1n) is 8.30. The molecule has 1 atom stereocenters. The summed E-state index contributed by atoms with van der Waals surface area (Å²) in [7, 11) is 0. The number of benzene rings is 1. The molecule has 0 amide bonds. The van der Waals surface area contributed by atoms with Crippen LogP contribution in [0.2, 0.25) is 0 Å². The van der Waals surface area contributed by atoms with Gasteiger partial charge in [-0.15, -0.1) is 0 Å². The third-order valence-electron chi connectivity index (χ3n) is 4.03. The highest BCUT2D eigenvalue weighted by molar-refractivity contribution is 6.13. The molecule has 0 saturated carbocycles. The van der Waals surface area contributed by atoms with E-state index < -0.39 is 6.17 Å². The van der Waals surface area contributed by atoms with Crippen LogP contribution in [0.4, 0.5) is 15.9 Å². The minimum Gasteiger partial charge on any atom is -0.491 e. The van der Waals surface area contributed by atoms with E-state index >= 15 is 0 Å². The van der Waals surface area contributed by atoms with E-state index in [4.69, 9.17) is 15.9 Å². The van der Waals surface area contributed by atoms with Gasteiger partial charge in [-0.2, -0.15) is 0 Å². The van der Waals surface area contributed by atoms with E-state index in [1.807, 2.05) is 18.7 Å². The summed E-state index contributed by atoms with van der Waals surface area (Å²) in [5, 5.41) is 8.48. The quantitative estimate of drug-likeness (QED) is 0.644. The fourth-order valence-electron chi connectivity index (χ4n) is 2.82. The van der Waals surface area contributed by atoms with Gasteiger partial charge in [0, 0.05) is 23.9 Å². The average molecular weight is 343 g/mol. The van der Waals surface area contributed by atoms with Crippen LogP contribution in [0.15, 0.2) is 30.6 Å². The van der Waals surface area contributed by atoms with Gasteiger partial charge >= 0.3 is 0 Å². The number of rotatable bonds is 5. The Kier molecular flexibility index (Phi) is 4.83. The van der Waals surface area contributed by atoms with Crippen molar-refractivity contribution in [2.45, 2.75) is 32.5 Å². The van der Waals surface area contributed by atoms with Gasteiger partial charge in [0.05, 0.1) is 24.1 Å². The third-order valence-corrected chi connectivity index (χ3v) is 4.03. The predicted octanol–water partition coefficient (Wildman–Crippen LogP) is 2.81. The zero-order valence-corrected chi connectivity index (χ0v) is 14.4. The lowest BCUT2D eigenvalue weighted by Crippen LogP contribution is -2.22. The van der Waals surface area contributed by atoms with Gasteiger partial charge in [-0.05, 0) is 38.5 Å². The Labute approximate surface area is 146 Å². The zero-order chi connectivity index (χ0) is 18.0. The fourth-order valence-corrected chi connectivity index (χ4v) is 2.82. The van der Waals surface area contributed by atoms with Crippen molar-refractivity contribution in [1.82, 2.24) is 9.97 Å². The molecule has 1 aromatic heterocycles. The second-order valence-electron chi connectivity index (χ2n) is 6.38.